The Hall–Kier alpha value is -1.39. The smallest absolute Gasteiger partial charge is 0.227 e. The van der Waals surface area contributed by atoms with E-state index in [1.165, 1.54) is 25.7 Å². The number of hydrogen-bond donors (Lipinski definition) is 3. The number of nitrogens with two attached hydrogens (primary N) is 1. The molecule has 0 unspecified atom stereocenters. The molecule has 3 aliphatic rings. The van der Waals surface area contributed by atoms with Crippen molar-refractivity contribution in [3.8, 4) is 0 Å². The Morgan fingerprint density at radius 2 is 1.73 bits per heavy atom. The fourth-order valence-electron chi connectivity index (χ4n) is 5.16. The summed E-state index contributed by atoms with van der Waals surface area (Å²) in [4.78, 5) is 16.9. The first-order valence-corrected chi connectivity index (χ1v) is 12.1. The summed E-state index contributed by atoms with van der Waals surface area (Å²) in [5, 5.41) is 7.15. The number of nitrogens with one attached hydrogen (secondary N) is 2. The molecular weight excluding hydrogens is 463 g/mol. The predicted octanol–water partition coefficient (Wildman–Crippen LogP) is 3.21. The Bertz CT molecular complexity index is 861. The number of halogens is 2. The van der Waals surface area contributed by atoms with Gasteiger partial charge in [0.1, 0.15) is 0 Å². The largest absolute Gasteiger partial charge is 0.379 e. The van der Waals surface area contributed by atoms with Gasteiger partial charge < -0.3 is 25.7 Å². The van der Waals surface area contributed by atoms with Gasteiger partial charge in [-0.05, 0) is 38.5 Å². The highest BCUT2D eigenvalue weighted by Gasteiger charge is 2.24. The van der Waals surface area contributed by atoms with Gasteiger partial charge in [-0.25, -0.2) is 4.98 Å². The minimum Gasteiger partial charge on any atom is -0.379 e. The minimum atomic E-state index is 0. The van der Waals surface area contributed by atoms with Gasteiger partial charge in [-0.2, -0.15) is 9.97 Å². The van der Waals surface area contributed by atoms with Gasteiger partial charge in [-0.15, -0.1) is 24.8 Å². The highest BCUT2D eigenvalue weighted by Crippen LogP contribution is 2.33. The number of fused-ring (bicyclic) bond motifs is 1. The number of nitrogens with zero attached hydrogens (tertiary/aromatic N) is 5. The number of morpholine rings is 1. The quantitative estimate of drug-likeness (QED) is 0.531. The molecule has 11 heteroatoms. The standard InChI is InChI=1S/C22H36N8O.2ClH/c23-16-5-7-17(8-6-16)26-22-27-20(24-9-10-29-11-13-31-14-12-29)19-21(28-22)30(15-25-19)18-3-1-2-4-18;;/h15-18H,1-14,23H2,(H2,24,26,27,28);2*1H/t16-,17-;;. The maximum absolute atomic E-state index is 6.09. The molecule has 33 heavy (non-hydrogen) atoms. The third-order valence-electron chi connectivity index (χ3n) is 7.07. The number of rotatable bonds is 7. The summed E-state index contributed by atoms with van der Waals surface area (Å²) in [5.74, 6) is 1.55. The van der Waals surface area contributed by atoms with Crippen molar-refractivity contribution in [2.75, 3.05) is 50.0 Å². The Balaban J connectivity index is 0.00000153. The normalized spacial score (nSPS) is 24.3. The second-order valence-electron chi connectivity index (χ2n) is 9.29. The zero-order chi connectivity index (χ0) is 21.0. The van der Waals surface area contributed by atoms with Crippen molar-refractivity contribution in [1.29, 1.82) is 0 Å². The zero-order valence-electron chi connectivity index (χ0n) is 19.2. The van der Waals surface area contributed by atoms with Crippen molar-refractivity contribution >= 4 is 47.7 Å². The molecule has 0 radical (unpaired) electrons. The lowest BCUT2D eigenvalue weighted by Crippen LogP contribution is -2.39. The SMILES string of the molecule is Cl.Cl.N[C@H]1CC[C@H](Nc2nc(NCCN3CCOCC3)c3ncn(C4CCCC4)c3n2)CC1. The molecule has 3 heterocycles. The van der Waals surface area contributed by atoms with Crippen LogP contribution in [0.1, 0.15) is 57.4 Å². The molecule has 2 aromatic heterocycles. The maximum atomic E-state index is 6.09. The van der Waals surface area contributed by atoms with Crippen LogP contribution in [0.4, 0.5) is 11.8 Å². The van der Waals surface area contributed by atoms with Gasteiger partial charge in [-0.3, -0.25) is 4.90 Å². The molecule has 2 aliphatic carbocycles. The number of hydrogen-bond acceptors (Lipinski definition) is 8. The van der Waals surface area contributed by atoms with Crippen molar-refractivity contribution in [3.63, 3.8) is 0 Å². The van der Waals surface area contributed by atoms with Crippen molar-refractivity contribution in [1.82, 2.24) is 24.4 Å². The van der Waals surface area contributed by atoms with Crippen molar-refractivity contribution in [3.05, 3.63) is 6.33 Å². The highest BCUT2D eigenvalue weighted by molar-refractivity contribution is 5.86. The topological polar surface area (TPSA) is 106 Å². The molecule has 0 aromatic carbocycles. The molecule has 5 rings (SSSR count). The second kappa shape index (κ2) is 12.4. The van der Waals surface area contributed by atoms with E-state index < -0.39 is 0 Å². The van der Waals surface area contributed by atoms with E-state index in [-0.39, 0.29) is 24.8 Å². The van der Waals surface area contributed by atoms with Crippen molar-refractivity contribution in [2.45, 2.75) is 69.5 Å². The molecule has 2 aromatic rings. The Morgan fingerprint density at radius 1 is 1.00 bits per heavy atom. The van der Waals surface area contributed by atoms with Crippen LogP contribution in [-0.4, -0.2) is 75.9 Å². The van der Waals surface area contributed by atoms with Crippen LogP contribution in [0.25, 0.3) is 11.2 Å². The third kappa shape index (κ3) is 6.39. The van der Waals surface area contributed by atoms with E-state index in [1.807, 2.05) is 6.33 Å². The van der Waals surface area contributed by atoms with E-state index in [9.17, 15) is 0 Å². The number of ether oxygens (including phenoxy) is 1. The molecular formula is C22H38Cl2N8O. The van der Waals surface area contributed by atoms with E-state index in [2.05, 4.69) is 20.1 Å². The molecule has 2 saturated carbocycles. The summed E-state index contributed by atoms with van der Waals surface area (Å²) in [6.07, 6.45) is 11.2. The van der Waals surface area contributed by atoms with Gasteiger partial charge in [0, 0.05) is 44.3 Å². The van der Waals surface area contributed by atoms with Crippen LogP contribution in [0, 0.1) is 0 Å². The fourth-order valence-corrected chi connectivity index (χ4v) is 5.16. The Kier molecular flexibility index (Phi) is 9.81. The fraction of sp³-hybridized carbons (Fsp3) is 0.773. The summed E-state index contributed by atoms with van der Waals surface area (Å²) in [6.45, 7) is 5.44. The molecule has 4 N–H and O–H groups in total. The Morgan fingerprint density at radius 3 is 2.45 bits per heavy atom. The monoisotopic (exact) mass is 500 g/mol. The lowest BCUT2D eigenvalue weighted by Gasteiger charge is -2.27. The molecule has 0 bridgehead atoms. The second-order valence-corrected chi connectivity index (χ2v) is 9.29. The predicted molar refractivity (Wildman–Crippen MR) is 137 cm³/mol. The first-order valence-electron chi connectivity index (χ1n) is 12.1. The van der Waals surface area contributed by atoms with Gasteiger partial charge >= 0.3 is 0 Å². The van der Waals surface area contributed by atoms with E-state index in [0.29, 0.717) is 24.1 Å². The molecule has 186 valence electrons. The van der Waals surface area contributed by atoms with E-state index in [0.717, 1.165) is 82.1 Å². The van der Waals surface area contributed by atoms with Gasteiger partial charge in [0.05, 0.1) is 19.5 Å². The first-order chi connectivity index (χ1) is 15.3. The summed E-state index contributed by atoms with van der Waals surface area (Å²) in [7, 11) is 0. The lowest BCUT2D eigenvalue weighted by atomic mass is 9.92. The van der Waals surface area contributed by atoms with Crippen LogP contribution in [0.15, 0.2) is 6.33 Å². The van der Waals surface area contributed by atoms with Crippen LogP contribution in [-0.2, 0) is 4.74 Å². The summed E-state index contributed by atoms with van der Waals surface area (Å²) in [5.41, 5.74) is 7.92. The summed E-state index contributed by atoms with van der Waals surface area (Å²) >= 11 is 0. The van der Waals surface area contributed by atoms with Crippen LogP contribution in [0.3, 0.4) is 0 Å². The van der Waals surface area contributed by atoms with Gasteiger partial charge in [0.15, 0.2) is 17.0 Å². The molecule has 9 nitrogen and oxygen atoms in total. The van der Waals surface area contributed by atoms with Crippen LogP contribution in [0.2, 0.25) is 0 Å². The summed E-state index contributed by atoms with van der Waals surface area (Å²) < 4.78 is 7.73. The summed E-state index contributed by atoms with van der Waals surface area (Å²) in [6, 6.07) is 1.23. The van der Waals surface area contributed by atoms with E-state index >= 15 is 0 Å². The van der Waals surface area contributed by atoms with E-state index in [4.69, 9.17) is 25.4 Å². The lowest BCUT2D eigenvalue weighted by molar-refractivity contribution is 0.0398. The number of imidazole rings is 1. The highest BCUT2D eigenvalue weighted by atomic mass is 35.5. The third-order valence-corrected chi connectivity index (χ3v) is 7.07. The van der Waals surface area contributed by atoms with Crippen molar-refractivity contribution < 1.29 is 4.74 Å². The number of aromatic nitrogens is 4. The van der Waals surface area contributed by atoms with Crippen molar-refractivity contribution in [2.24, 2.45) is 5.73 Å². The molecule has 0 amide bonds. The molecule has 3 fully saturated rings. The van der Waals surface area contributed by atoms with Crippen LogP contribution >= 0.6 is 24.8 Å². The van der Waals surface area contributed by atoms with Crippen LogP contribution in [0.5, 0.6) is 0 Å². The number of anilines is 2. The van der Waals surface area contributed by atoms with Crippen LogP contribution < -0.4 is 16.4 Å². The van der Waals surface area contributed by atoms with Gasteiger partial charge in [-0.1, -0.05) is 12.8 Å². The Labute approximate surface area is 208 Å². The molecule has 1 saturated heterocycles. The van der Waals surface area contributed by atoms with Gasteiger partial charge in [0.2, 0.25) is 5.95 Å². The van der Waals surface area contributed by atoms with Gasteiger partial charge in [0.25, 0.3) is 0 Å². The molecule has 0 spiro atoms. The average Bonchev–Trinajstić information content (AvgIpc) is 3.46. The zero-order valence-corrected chi connectivity index (χ0v) is 20.9. The maximum Gasteiger partial charge on any atom is 0.227 e. The minimum absolute atomic E-state index is 0. The van der Waals surface area contributed by atoms with E-state index in [1.54, 1.807) is 0 Å². The first kappa shape index (κ1) is 26.2. The molecule has 0 atom stereocenters. The molecule has 1 aliphatic heterocycles. The average molecular weight is 502 g/mol.